The summed E-state index contributed by atoms with van der Waals surface area (Å²) in [6.45, 7) is 0. The second-order valence-electron chi connectivity index (χ2n) is 4.90. The first-order chi connectivity index (χ1) is 12.0. The fourth-order valence-electron chi connectivity index (χ4n) is 1.93. The average Bonchev–Trinajstić information content (AvgIpc) is 3.09. The Morgan fingerprint density at radius 1 is 1.04 bits per heavy atom. The molecule has 0 aliphatic carbocycles. The number of carbonyl (C=O) groups excluding carboxylic acids is 1. The first kappa shape index (κ1) is 17.2. The summed E-state index contributed by atoms with van der Waals surface area (Å²) < 4.78 is 26.2. The molecule has 8 heteroatoms. The third kappa shape index (κ3) is 4.26. The standard InChI is InChI=1S/C17H10ClF2N3OS/c18-12(8-10-6-7-13(19)14(20)9-10)16-22-23-17(25-16)15(24)21-11-4-2-1-3-5-11/h1-9H,(H,21,24)/b12-8-. The predicted molar refractivity (Wildman–Crippen MR) is 94.4 cm³/mol. The van der Waals surface area contributed by atoms with Crippen molar-refractivity contribution in [1.82, 2.24) is 10.2 Å². The number of aromatic nitrogens is 2. The summed E-state index contributed by atoms with van der Waals surface area (Å²) in [5.74, 6) is -2.32. The first-order valence-electron chi connectivity index (χ1n) is 7.05. The number of amides is 1. The smallest absolute Gasteiger partial charge is 0.286 e. The largest absolute Gasteiger partial charge is 0.320 e. The van der Waals surface area contributed by atoms with Crippen molar-refractivity contribution in [3.63, 3.8) is 0 Å². The molecule has 0 aliphatic rings. The van der Waals surface area contributed by atoms with Crippen LogP contribution in [-0.4, -0.2) is 16.1 Å². The van der Waals surface area contributed by atoms with Gasteiger partial charge in [0.1, 0.15) is 0 Å². The number of halogens is 3. The molecule has 0 saturated carbocycles. The molecule has 126 valence electrons. The molecular weight excluding hydrogens is 368 g/mol. The maximum atomic E-state index is 13.2. The molecule has 3 rings (SSSR count). The zero-order chi connectivity index (χ0) is 17.8. The molecule has 0 unspecified atom stereocenters. The second-order valence-corrected chi connectivity index (χ2v) is 6.28. The van der Waals surface area contributed by atoms with Crippen molar-refractivity contribution in [3.05, 3.63) is 75.7 Å². The van der Waals surface area contributed by atoms with E-state index in [9.17, 15) is 13.6 Å². The van der Waals surface area contributed by atoms with Crippen LogP contribution in [-0.2, 0) is 0 Å². The Hall–Kier alpha value is -2.64. The highest BCUT2D eigenvalue weighted by atomic mass is 35.5. The van der Waals surface area contributed by atoms with Crippen LogP contribution in [0.4, 0.5) is 14.5 Å². The van der Waals surface area contributed by atoms with Crippen LogP contribution in [0.15, 0.2) is 48.5 Å². The van der Waals surface area contributed by atoms with Gasteiger partial charge in [0.2, 0.25) is 5.01 Å². The minimum Gasteiger partial charge on any atom is -0.320 e. The lowest BCUT2D eigenvalue weighted by molar-refractivity contribution is 0.102. The Bertz CT molecular complexity index is 944. The van der Waals surface area contributed by atoms with Gasteiger partial charge in [-0.05, 0) is 35.9 Å². The van der Waals surface area contributed by atoms with E-state index in [-0.39, 0.29) is 10.0 Å². The van der Waals surface area contributed by atoms with E-state index in [0.29, 0.717) is 16.3 Å². The number of anilines is 1. The van der Waals surface area contributed by atoms with Crippen LogP contribution >= 0.6 is 22.9 Å². The molecule has 1 heterocycles. The van der Waals surface area contributed by atoms with Gasteiger partial charge in [0.15, 0.2) is 16.6 Å². The molecule has 0 aliphatic heterocycles. The maximum absolute atomic E-state index is 13.2. The van der Waals surface area contributed by atoms with E-state index in [1.807, 2.05) is 6.07 Å². The second kappa shape index (κ2) is 7.50. The van der Waals surface area contributed by atoms with Crippen molar-refractivity contribution in [2.24, 2.45) is 0 Å². The quantitative estimate of drug-likeness (QED) is 0.710. The first-order valence-corrected chi connectivity index (χ1v) is 8.25. The van der Waals surface area contributed by atoms with Crippen molar-refractivity contribution in [2.45, 2.75) is 0 Å². The zero-order valence-corrected chi connectivity index (χ0v) is 14.1. The van der Waals surface area contributed by atoms with Gasteiger partial charge < -0.3 is 5.32 Å². The van der Waals surface area contributed by atoms with Crippen LogP contribution in [0.25, 0.3) is 11.1 Å². The monoisotopic (exact) mass is 377 g/mol. The molecular formula is C17H10ClF2N3OS. The van der Waals surface area contributed by atoms with Crippen LogP contribution in [0.5, 0.6) is 0 Å². The van der Waals surface area contributed by atoms with Crippen molar-refractivity contribution >= 4 is 45.6 Å². The Kier molecular flexibility index (Phi) is 5.16. The summed E-state index contributed by atoms with van der Waals surface area (Å²) >= 11 is 7.12. The van der Waals surface area contributed by atoms with Crippen LogP contribution in [0.1, 0.15) is 20.4 Å². The maximum Gasteiger partial charge on any atom is 0.286 e. The third-order valence-electron chi connectivity index (χ3n) is 3.09. The van der Waals surface area contributed by atoms with E-state index >= 15 is 0 Å². The number of hydrogen-bond acceptors (Lipinski definition) is 4. The number of nitrogens with zero attached hydrogens (tertiary/aromatic N) is 2. The van der Waals surface area contributed by atoms with E-state index in [4.69, 9.17) is 11.6 Å². The summed E-state index contributed by atoms with van der Waals surface area (Å²) in [5, 5.41) is 10.9. The fourth-order valence-corrected chi connectivity index (χ4v) is 2.85. The van der Waals surface area contributed by atoms with Crippen molar-refractivity contribution < 1.29 is 13.6 Å². The van der Waals surface area contributed by atoms with Crippen LogP contribution < -0.4 is 5.32 Å². The van der Waals surface area contributed by atoms with Gasteiger partial charge in [0, 0.05) is 5.69 Å². The zero-order valence-electron chi connectivity index (χ0n) is 12.5. The minimum atomic E-state index is -0.974. The molecule has 1 amide bonds. The van der Waals surface area contributed by atoms with Gasteiger partial charge in [-0.1, -0.05) is 47.2 Å². The lowest BCUT2D eigenvalue weighted by Crippen LogP contribution is -2.11. The molecule has 2 aromatic carbocycles. The third-order valence-corrected chi connectivity index (χ3v) is 4.45. The van der Waals surface area contributed by atoms with Gasteiger partial charge in [0.05, 0.1) is 5.03 Å². The summed E-state index contributed by atoms with van der Waals surface area (Å²) in [4.78, 5) is 12.1. The van der Waals surface area contributed by atoms with Gasteiger partial charge in [-0.2, -0.15) is 0 Å². The molecule has 4 nitrogen and oxygen atoms in total. The summed E-state index contributed by atoms with van der Waals surface area (Å²) in [7, 11) is 0. The summed E-state index contributed by atoms with van der Waals surface area (Å²) in [6.07, 6.45) is 1.42. The number of carbonyl (C=O) groups is 1. The molecule has 0 bridgehead atoms. The molecule has 3 aromatic rings. The molecule has 25 heavy (non-hydrogen) atoms. The normalized spacial score (nSPS) is 11.4. The Balaban J connectivity index is 1.77. The lowest BCUT2D eigenvalue weighted by atomic mass is 10.2. The molecule has 0 spiro atoms. The van der Waals surface area contributed by atoms with Gasteiger partial charge >= 0.3 is 0 Å². The van der Waals surface area contributed by atoms with Gasteiger partial charge in [-0.3, -0.25) is 4.79 Å². The van der Waals surface area contributed by atoms with E-state index in [1.54, 1.807) is 24.3 Å². The van der Waals surface area contributed by atoms with Crippen molar-refractivity contribution in [2.75, 3.05) is 5.32 Å². The molecule has 0 saturated heterocycles. The number of benzene rings is 2. The topological polar surface area (TPSA) is 54.9 Å². The van der Waals surface area contributed by atoms with Crippen LogP contribution in [0.2, 0.25) is 0 Å². The van der Waals surface area contributed by atoms with E-state index in [1.165, 1.54) is 12.1 Å². The van der Waals surface area contributed by atoms with Crippen molar-refractivity contribution in [3.8, 4) is 0 Å². The van der Waals surface area contributed by atoms with Crippen molar-refractivity contribution in [1.29, 1.82) is 0 Å². The molecule has 0 fully saturated rings. The van der Waals surface area contributed by atoms with Gasteiger partial charge in [-0.15, -0.1) is 10.2 Å². The molecule has 0 radical (unpaired) electrons. The Labute approximate surface area is 150 Å². The average molecular weight is 378 g/mol. The molecule has 0 atom stereocenters. The number of nitrogens with one attached hydrogen (secondary N) is 1. The molecule has 1 aromatic heterocycles. The summed E-state index contributed by atoms with van der Waals surface area (Å²) in [5.41, 5.74) is 1.00. The van der Waals surface area contributed by atoms with Gasteiger partial charge in [0.25, 0.3) is 5.91 Å². The number of rotatable bonds is 4. The van der Waals surface area contributed by atoms with E-state index in [2.05, 4.69) is 15.5 Å². The molecule has 1 N–H and O–H groups in total. The Morgan fingerprint density at radius 2 is 1.76 bits per heavy atom. The highest BCUT2D eigenvalue weighted by Gasteiger charge is 2.15. The minimum absolute atomic E-state index is 0.135. The lowest BCUT2D eigenvalue weighted by Gasteiger charge is -2.00. The SMILES string of the molecule is O=C(Nc1ccccc1)c1nnc(/C(Cl)=C/c2ccc(F)c(F)c2)s1. The van der Waals surface area contributed by atoms with Crippen LogP contribution in [0.3, 0.4) is 0 Å². The summed E-state index contributed by atoms with van der Waals surface area (Å²) in [6, 6.07) is 12.3. The Morgan fingerprint density at radius 3 is 2.48 bits per heavy atom. The van der Waals surface area contributed by atoms with E-state index < -0.39 is 17.5 Å². The predicted octanol–water partition coefficient (Wildman–Crippen LogP) is 4.81. The van der Waals surface area contributed by atoms with Crippen LogP contribution in [0, 0.1) is 11.6 Å². The number of para-hydroxylation sites is 1. The van der Waals surface area contributed by atoms with E-state index in [0.717, 1.165) is 23.5 Å². The fraction of sp³-hybridized carbons (Fsp3) is 0. The van der Waals surface area contributed by atoms with Gasteiger partial charge in [-0.25, -0.2) is 8.78 Å². The highest BCUT2D eigenvalue weighted by Crippen LogP contribution is 2.26. The highest BCUT2D eigenvalue weighted by molar-refractivity contribution is 7.15. The number of hydrogen-bond donors (Lipinski definition) is 1.